The Labute approximate surface area is 110 Å². The molecular weight excluding hydrogens is 248 g/mol. The number of fused-ring (bicyclic) bond motifs is 2. The first-order valence-corrected chi connectivity index (χ1v) is 6.24. The number of carbonyl (C=O) groups excluding carboxylic acids is 1. The quantitative estimate of drug-likeness (QED) is 0.810. The van der Waals surface area contributed by atoms with Gasteiger partial charge in [-0.2, -0.15) is 0 Å². The first-order chi connectivity index (χ1) is 9.05. The van der Waals surface area contributed by atoms with Gasteiger partial charge in [-0.05, 0) is 18.1 Å². The summed E-state index contributed by atoms with van der Waals surface area (Å²) in [7, 11) is 1.53. The Balaban J connectivity index is 2.01. The van der Waals surface area contributed by atoms with Gasteiger partial charge in [0.25, 0.3) is 0 Å². The maximum Gasteiger partial charge on any atom is 0.226 e. The Kier molecular flexibility index (Phi) is 2.72. The van der Waals surface area contributed by atoms with Crippen LogP contribution in [0.5, 0.6) is 5.88 Å². The summed E-state index contributed by atoms with van der Waals surface area (Å²) < 4.78 is 10.7. The lowest BCUT2D eigenvalue weighted by molar-refractivity contribution is -0.183. The third-order valence-electron chi connectivity index (χ3n) is 4.05. The Morgan fingerprint density at radius 2 is 2.47 bits per heavy atom. The van der Waals surface area contributed by atoms with E-state index in [-0.39, 0.29) is 12.0 Å². The van der Waals surface area contributed by atoms with Crippen LogP contribution in [-0.2, 0) is 9.53 Å². The Hall–Kier alpha value is -1.66. The molecule has 6 nitrogen and oxygen atoms in total. The molecule has 0 aliphatic carbocycles. The fraction of sp³-hybridized carbons (Fsp3) is 0.538. The predicted octanol–water partition coefficient (Wildman–Crippen LogP) is 0.156. The lowest BCUT2D eigenvalue weighted by Crippen LogP contribution is -2.45. The fourth-order valence-electron chi connectivity index (χ4n) is 3.26. The van der Waals surface area contributed by atoms with Gasteiger partial charge in [-0.3, -0.25) is 4.79 Å². The van der Waals surface area contributed by atoms with E-state index in [2.05, 4.69) is 4.98 Å². The minimum atomic E-state index is -1.42. The molecule has 2 bridgehead atoms. The van der Waals surface area contributed by atoms with Crippen molar-refractivity contribution < 1.29 is 19.4 Å². The largest absolute Gasteiger partial charge is 0.481 e. The molecule has 0 saturated carbocycles. The number of amides is 1. The van der Waals surface area contributed by atoms with Crippen LogP contribution in [0.25, 0.3) is 0 Å². The van der Waals surface area contributed by atoms with E-state index in [4.69, 9.17) is 15.2 Å². The van der Waals surface area contributed by atoms with Gasteiger partial charge in [0.05, 0.1) is 13.2 Å². The smallest absolute Gasteiger partial charge is 0.226 e. The number of nitrogens with two attached hydrogens (primary N) is 1. The van der Waals surface area contributed by atoms with Gasteiger partial charge >= 0.3 is 0 Å². The zero-order valence-corrected chi connectivity index (χ0v) is 10.6. The number of carbonyl (C=O) groups is 1. The average Bonchev–Trinajstić information content (AvgIpc) is 2.91. The summed E-state index contributed by atoms with van der Waals surface area (Å²) in [5, 5.41) is 10.4. The van der Waals surface area contributed by atoms with Crippen molar-refractivity contribution in [3.05, 3.63) is 23.9 Å². The van der Waals surface area contributed by atoms with E-state index in [0.717, 1.165) is 12.0 Å². The second kappa shape index (κ2) is 4.18. The highest BCUT2D eigenvalue weighted by atomic mass is 16.6. The highest BCUT2D eigenvalue weighted by molar-refractivity contribution is 5.79. The van der Waals surface area contributed by atoms with Crippen molar-refractivity contribution in [3.8, 4) is 5.88 Å². The number of aromatic nitrogens is 1. The van der Waals surface area contributed by atoms with Crippen LogP contribution in [0.2, 0.25) is 0 Å². The van der Waals surface area contributed by atoms with E-state index in [9.17, 15) is 9.90 Å². The standard InChI is InChI=1S/C13H16N2O4/c1-18-9-6-7(3-5-15-9)10-8-2-4-13(17,19-8)11(10)12(14)16/h3,5-6,8,10-11,17H,2,4H2,1H3,(H2,14,16). The molecular formula is C13H16N2O4. The van der Waals surface area contributed by atoms with E-state index in [1.807, 2.05) is 0 Å². The third-order valence-corrected chi connectivity index (χ3v) is 4.05. The van der Waals surface area contributed by atoms with Crippen molar-refractivity contribution in [2.45, 2.75) is 30.7 Å². The van der Waals surface area contributed by atoms with Crippen LogP contribution in [0.15, 0.2) is 18.3 Å². The molecule has 3 N–H and O–H groups in total. The van der Waals surface area contributed by atoms with Crippen molar-refractivity contribution in [1.29, 1.82) is 0 Å². The molecule has 2 saturated heterocycles. The summed E-state index contributed by atoms with van der Waals surface area (Å²) in [6, 6.07) is 3.56. The zero-order chi connectivity index (χ0) is 13.6. The number of ether oxygens (including phenoxy) is 2. The second-order valence-electron chi connectivity index (χ2n) is 5.08. The molecule has 0 radical (unpaired) electrons. The molecule has 6 heteroatoms. The summed E-state index contributed by atoms with van der Waals surface area (Å²) in [5.74, 6) is -2.45. The molecule has 1 aromatic rings. The van der Waals surface area contributed by atoms with Gasteiger partial charge in [-0.1, -0.05) is 0 Å². The normalized spacial score (nSPS) is 36.4. The van der Waals surface area contributed by atoms with Crippen LogP contribution < -0.4 is 10.5 Å². The molecule has 1 aromatic heterocycles. The number of nitrogens with zero attached hydrogens (tertiary/aromatic N) is 1. The maximum atomic E-state index is 11.7. The van der Waals surface area contributed by atoms with Crippen LogP contribution >= 0.6 is 0 Å². The fourth-order valence-corrected chi connectivity index (χ4v) is 3.26. The molecule has 4 unspecified atom stereocenters. The van der Waals surface area contributed by atoms with Gasteiger partial charge in [0.1, 0.15) is 5.92 Å². The number of hydrogen-bond acceptors (Lipinski definition) is 5. The Bertz CT molecular complexity index is 521. The van der Waals surface area contributed by atoms with E-state index < -0.39 is 17.6 Å². The molecule has 4 atom stereocenters. The van der Waals surface area contributed by atoms with Crippen molar-refractivity contribution in [2.24, 2.45) is 11.7 Å². The van der Waals surface area contributed by atoms with Crippen LogP contribution in [0.3, 0.4) is 0 Å². The second-order valence-corrected chi connectivity index (χ2v) is 5.08. The van der Waals surface area contributed by atoms with E-state index in [1.165, 1.54) is 7.11 Å². The number of primary amides is 1. The molecule has 2 aliphatic heterocycles. The van der Waals surface area contributed by atoms with Gasteiger partial charge in [0.2, 0.25) is 11.8 Å². The lowest BCUT2D eigenvalue weighted by atomic mass is 9.73. The Morgan fingerprint density at radius 3 is 3.16 bits per heavy atom. The minimum absolute atomic E-state index is 0.186. The maximum absolute atomic E-state index is 11.7. The SMILES string of the molecule is COc1cc(C2C3CCC(O)(O3)C2C(N)=O)ccn1. The van der Waals surface area contributed by atoms with Crippen LogP contribution in [-0.4, -0.2) is 35.0 Å². The monoisotopic (exact) mass is 264 g/mol. The minimum Gasteiger partial charge on any atom is -0.481 e. The van der Waals surface area contributed by atoms with Crippen molar-refractivity contribution in [1.82, 2.24) is 4.98 Å². The number of rotatable bonds is 3. The molecule has 2 aliphatic rings. The molecule has 1 amide bonds. The summed E-state index contributed by atoms with van der Waals surface area (Å²) >= 11 is 0. The van der Waals surface area contributed by atoms with Crippen LogP contribution in [0.1, 0.15) is 24.3 Å². The Morgan fingerprint density at radius 1 is 1.68 bits per heavy atom. The van der Waals surface area contributed by atoms with Crippen LogP contribution in [0.4, 0.5) is 0 Å². The lowest BCUT2D eigenvalue weighted by Gasteiger charge is -2.30. The molecule has 0 spiro atoms. The third kappa shape index (κ3) is 1.79. The average molecular weight is 264 g/mol. The van der Waals surface area contributed by atoms with E-state index in [0.29, 0.717) is 12.3 Å². The summed E-state index contributed by atoms with van der Waals surface area (Å²) in [4.78, 5) is 15.7. The van der Waals surface area contributed by atoms with Crippen molar-refractivity contribution >= 4 is 5.91 Å². The summed E-state index contributed by atoms with van der Waals surface area (Å²) in [6.45, 7) is 0. The number of pyridine rings is 1. The summed E-state index contributed by atoms with van der Waals surface area (Å²) in [5.41, 5.74) is 6.30. The van der Waals surface area contributed by atoms with Crippen LogP contribution in [0, 0.1) is 5.92 Å². The zero-order valence-electron chi connectivity index (χ0n) is 10.6. The first kappa shape index (κ1) is 12.4. The molecule has 3 heterocycles. The summed E-state index contributed by atoms with van der Waals surface area (Å²) in [6.07, 6.45) is 2.59. The first-order valence-electron chi connectivity index (χ1n) is 6.24. The van der Waals surface area contributed by atoms with Gasteiger partial charge in [-0.25, -0.2) is 4.98 Å². The number of hydrogen-bond donors (Lipinski definition) is 2. The van der Waals surface area contributed by atoms with Gasteiger partial charge in [-0.15, -0.1) is 0 Å². The molecule has 0 aromatic carbocycles. The van der Waals surface area contributed by atoms with E-state index in [1.54, 1.807) is 18.3 Å². The highest BCUT2D eigenvalue weighted by Gasteiger charge is 2.61. The number of aliphatic hydroxyl groups is 1. The highest BCUT2D eigenvalue weighted by Crippen LogP contribution is 2.54. The van der Waals surface area contributed by atoms with Crippen molar-refractivity contribution in [3.63, 3.8) is 0 Å². The molecule has 3 rings (SSSR count). The molecule has 2 fully saturated rings. The number of methoxy groups -OCH3 is 1. The van der Waals surface area contributed by atoms with Gasteiger partial charge in [0.15, 0.2) is 5.79 Å². The molecule has 102 valence electrons. The predicted molar refractivity (Wildman–Crippen MR) is 65.3 cm³/mol. The molecule has 19 heavy (non-hydrogen) atoms. The van der Waals surface area contributed by atoms with Crippen molar-refractivity contribution in [2.75, 3.05) is 7.11 Å². The topological polar surface area (TPSA) is 94.7 Å². The van der Waals surface area contributed by atoms with E-state index >= 15 is 0 Å². The van der Waals surface area contributed by atoms with Gasteiger partial charge in [0, 0.05) is 24.6 Å². The van der Waals surface area contributed by atoms with Gasteiger partial charge < -0.3 is 20.3 Å².